The van der Waals surface area contributed by atoms with Crippen LogP contribution in [0.1, 0.15) is 0 Å². The Hall–Kier alpha value is -2.43. The lowest BCUT2D eigenvalue weighted by Gasteiger charge is -2.30. The van der Waals surface area contributed by atoms with Gasteiger partial charge in [-0.2, -0.15) is 0 Å². The second-order valence-corrected chi connectivity index (χ2v) is 6.57. The summed E-state index contributed by atoms with van der Waals surface area (Å²) >= 11 is 0. The first kappa shape index (κ1) is 16.1. The van der Waals surface area contributed by atoms with E-state index in [0.29, 0.717) is 0 Å². The highest BCUT2D eigenvalue weighted by Crippen LogP contribution is 2.31. The molecule has 128 valence electrons. The van der Waals surface area contributed by atoms with Gasteiger partial charge in [0, 0.05) is 31.0 Å². The van der Waals surface area contributed by atoms with E-state index in [2.05, 4.69) is 76.2 Å². The van der Waals surface area contributed by atoms with Crippen LogP contribution < -0.4 is 0 Å². The summed E-state index contributed by atoms with van der Waals surface area (Å²) in [5.74, 6) is 0.997. The van der Waals surface area contributed by atoms with Crippen molar-refractivity contribution in [2.24, 2.45) is 0 Å². The number of hydrogen-bond donors (Lipinski definition) is 0. The van der Waals surface area contributed by atoms with E-state index in [0.717, 1.165) is 37.6 Å². The Kier molecular flexibility index (Phi) is 4.63. The molecule has 0 radical (unpaired) electrons. The van der Waals surface area contributed by atoms with Crippen LogP contribution in [0.5, 0.6) is 0 Å². The minimum atomic E-state index is 0.204. The molecule has 2 aromatic carbocycles. The Morgan fingerprint density at radius 3 is 2.60 bits per heavy atom. The number of morpholine rings is 1. The number of nitrogens with zero attached hydrogens (tertiary/aromatic N) is 3. The number of benzene rings is 2. The third kappa shape index (κ3) is 3.50. The van der Waals surface area contributed by atoms with Crippen LogP contribution in [0.2, 0.25) is 0 Å². The third-order valence-electron chi connectivity index (χ3n) is 4.71. The smallest absolute Gasteiger partial charge is 0.140 e. The van der Waals surface area contributed by atoms with Gasteiger partial charge in [-0.15, -0.1) is 0 Å². The quantitative estimate of drug-likeness (QED) is 0.731. The summed E-state index contributed by atoms with van der Waals surface area (Å²) in [5.41, 5.74) is 3.57. The molecule has 0 bridgehead atoms. The molecule has 25 heavy (non-hydrogen) atoms. The number of ether oxygens (including phenoxy) is 1. The van der Waals surface area contributed by atoms with Crippen molar-refractivity contribution < 1.29 is 4.74 Å². The van der Waals surface area contributed by atoms with Crippen molar-refractivity contribution in [2.75, 3.05) is 26.7 Å². The minimum Gasteiger partial charge on any atom is -0.374 e. The Morgan fingerprint density at radius 2 is 1.80 bits per heavy atom. The van der Waals surface area contributed by atoms with Gasteiger partial charge in [0.1, 0.15) is 5.82 Å². The van der Waals surface area contributed by atoms with Gasteiger partial charge in [0.15, 0.2) is 0 Å². The summed E-state index contributed by atoms with van der Waals surface area (Å²) in [6, 6.07) is 18.9. The Balaban J connectivity index is 1.67. The second-order valence-electron chi connectivity index (χ2n) is 6.57. The lowest BCUT2D eigenvalue weighted by Crippen LogP contribution is -2.41. The zero-order chi connectivity index (χ0) is 17.1. The molecule has 1 aliphatic rings. The van der Waals surface area contributed by atoms with Crippen LogP contribution in [0.3, 0.4) is 0 Å². The molecule has 1 aliphatic heterocycles. The van der Waals surface area contributed by atoms with Gasteiger partial charge >= 0.3 is 0 Å². The molecule has 1 saturated heterocycles. The van der Waals surface area contributed by atoms with Gasteiger partial charge in [-0.3, -0.25) is 0 Å². The molecule has 0 N–H and O–H groups in total. The topological polar surface area (TPSA) is 30.3 Å². The van der Waals surface area contributed by atoms with Crippen molar-refractivity contribution in [1.82, 2.24) is 14.5 Å². The summed E-state index contributed by atoms with van der Waals surface area (Å²) in [4.78, 5) is 6.97. The van der Waals surface area contributed by atoms with Crippen molar-refractivity contribution >= 4 is 0 Å². The van der Waals surface area contributed by atoms with Gasteiger partial charge in [0.05, 0.1) is 19.3 Å². The number of imidazole rings is 1. The molecule has 4 rings (SSSR count). The summed E-state index contributed by atoms with van der Waals surface area (Å²) < 4.78 is 8.15. The van der Waals surface area contributed by atoms with Gasteiger partial charge in [0.25, 0.3) is 0 Å². The molecule has 1 unspecified atom stereocenters. The van der Waals surface area contributed by atoms with Crippen LogP contribution in [-0.4, -0.2) is 47.3 Å². The van der Waals surface area contributed by atoms with Crippen LogP contribution >= 0.6 is 0 Å². The molecule has 0 amide bonds. The van der Waals surface area contributed by atoms with Gasteiger partial charge in [0.2, 0.25) is 0 Å². The number of aromatic nitrogens is 2. The fourth-order valence-electron chi connectivity index (χ4n) is 3.44. The van der Waals surface area contributed by atoms with Crippen LogP contribution in [0.25, 0.3) is 22.5 Å². The van der Waals surface area contributed by atoms with Crippen molar-refractivity contribution in [2.45, 2.75) is 12.6 Å². The van der Waals surface area contributed by atoms with E-state index in [-0.39, 0.29) is 6.10 Å². The standard InChI is InChI=1S/C21H23N3O/c1-23-13-14-25-18(15-23)16-24-12-11-22-21(24)20-10-6-5-9-19(20)17-7-3-2-4-8-17/h2-12,18H,13-16H2,1H3. The first-order valence-electron chi connectivity index (χ1n) is 8.77. The van der Waals surface area contributed by atoms with Crippen LogP contribution in [-0.2, 0) is 11.3 Å². The van der Waals surface area contributed by atoms with E-state index in [4.69, 9.17) is 4.74 Å². The lowest BCUT2D eigenvalue weighted by molar-refractivity contribution is -0.0272. The Bertz CT molecular complexity index is 828. The summed E-state index contributed by atoms with van der Waals surface area (Å²) in [6.07, 6.45) is 4.13. The highest BCUT2D eigenvalue weighted by atomic mass is 16.5. The molecular weight excluding hydrogens is 310 g/mol. The number of hydrogen-bond acceptors (Lipinski definition) is 3. The maximum atomic E-state index is 5.94. The molecule has 0 aliphatic carbocycles. The Morgan fingerprint density at radius 1 is 1.04 bits per heavy atom. The summed E-state index contributed by atoms with van der Waals surface area (Å²) in [6.45, 7) is 3.58. The average molecular weight is 333 g/mol. The molecule has 1 aromatic heterocycles. The molecule has 3 aromatic rings. The number of likely N-dealkylation sites (N-methyl/N-ethyl adjacent to an activating group) is 1. The second kappa shape index (κ2) is 7.21. The predicted octanol–water partition coefficient (Wildman–Crippen LogP) is 3.55. The number of rotatable bonds is 4. The Labute approximate surface area is 148 Å². The zero-order valence-corrected chi connectivity index (χ0v) is 14.5. The molecular formula is C21H23N3O. The van der Waals surface area contributed by atoms with Crippen molar-refractivity contribution in [3.05, 3.63) is 67.0 Å². The normalized spacial score (nSPS) is 18.4. The van der Waals surface area contributed by atoms with Gasteiger partial charge in [-0.1, -0.05) is 54.6 Å². The first-order chi connectivity index (χ1) is 12.3. The van der Waals surface area contributed by atoms with Crippen molar-refractivity contribution in [3.8, 4) is 22.5 Å². The van der Waals surface area contributed by atoms with Gasteiger partial charge in [-0.05, 0) is 18.2 Å². The minimum absolute atomic E-state index is 0.204. The molecule has 0 saturated carbocycles. The molecule has 2 heterocycles. The van der Waals surface area contributed by atoms with Crippen molar-refractivity contribution in [1.29, 1.82) is 0 Å². The van der Waals surface area contributed by atoms with E-state index < -0.39 is 0 Å². The van der Waals surface area contributed by atoms with Crippen LogP contribution in [0.15, 0.2) is 67.0 Å². The first-order valence-corrected chi connectivity index (χ1v) is 8.77. The third-order valence-corrected chi connectivity index (χ3v) is 4.71. The van der Waals surface area contributed by atoms with Crippen molar-refractivity contribution in [3.63, 3.8) is 0 Å². The maximum absolute atomic E-state index is 5.94. The molecule has 4 nitrogen and oxygen atoms in total. The predicted molar refractivity (Wildman–Crippen MR) is 100 cm³/mol. The van der Waals surface area contributed by atoms with E-state index in [1.807, 2.05) is 12.3 Å². The lowest BCUT2D eigenvalue weighted by atomic mass is 9.99. The molecule has 1 atom stereocenters. The van der Waals surface area contributed by atoms with E-state index in [9.17, 15) is 0 Å². The highest BCUT2D eigenvalue weighted by molar-refractivity contribution is 5.80. The molecule has 4 heteroatoms. The fraction of sp³-hybridized carbons (Fsp3) is 0.286. The fourth-order valence-corrected chi connectivity index (χ4v) is 3.44. The van der Waals surface area contributed by atoms with Crippen LogP contribution in [0, 0.1) is 0 Å². The largest absolute Gasteiger partial charge is 0.374 e. The zero-order valence-electron chi connectivity index (χ0n) is 14.5. The maximum Gasteiger partial charge on any atom is 0.140 e. The van der Waals surface area contributed by atoms with Crippen LogP contribution in [0.4, 0.5) is 0 Å². The van der Waals surface area contributed by atoms with E-state index >= 15 is 0 Å². The summed E-state index contributed by atoms with van der Waals surface area (Å²) in [7, 11) is 2.15. The van der Waals surface area contributed by atoms with Gasteiger partial charge in [-0.25, -0.2) is 4.98 Å². The molecule has 1 fully saturated rings. The van der Waals surface area contributed by atoms with Gasteiger partial charge < -0.3 is 14.2 Å². The van der Waals surface area contributed by atoms with E-state index in [1.165, 1.54) is 11.1 Å². The van der Waals surface area contributed by atoms with E-state index in [1.54, 1.807) is 0 Å². The highest BCUT2D eigenvalue weighted by Gasteiger charge is 2.20. The average Bonchev–Trinajstić information content (AvgIpc) is 3.10. The monoisotopic (exact) mass is 333 g/mol. The molecule has 0 spiro atoms. The summed E-state index contributed by atoms with van der Waals surface area (Å²) in [5, 5.41) is 0. The SMILES string of the molecule is CN1CCOC(Cn2ccnc2-c2ccccc2-c2ccccc2)C1.